The molecule has 3 heterocycles. The van der Waals surface area contributed by atoms with E-state index in [0.29, 0.717) is 50.6 Å². The first-order chi connectivity index (χ1) is 19.1. The van der Waals surface area contributed by atoms with Gasteiger partial charge >= 0.3 is 0 Å². The van der Waals surface area contributed by atoms with Gasteiger partial charge < -0.3 is 19.5 Å². The molecule has 192 valence electrons. The van der Waals surface area contributed by atoms with E-state index in [4.69, 9.17) is 25.8 Å². The third-order valence-corrected chi connectivity index (χ3v) is 6.44. The lowest BCUT2D eigenvalue weighted by molar-refractivity contribution is 0.413. The van der Waals surface area contributed by atoms with Gasteiger partial charge in [-0.25, -0.2) is 4.98 Å². The van der Waals surface area contributed by atoms with Crippen LogP contribution in [0.1, 0.15) is 0 Å². The van der Waals surface area contributed by atoms with Crippen LogP contribution in [0.15, 0.2) is 91.3 Å². The number of ether oxygens (including phenoxy) is 3. The maximum atomic E-state index is 6.16. The molecule has 8 nitrogen and oxygen atoms in total. The smallest absolute Gasteiger partial charge is 0.161 e. The molecule has 0 saturated heterocycles. The minimum atomic E-state index is 0.590. The normalized spacial score (nSPS) is 10.9. The lowest BCUT2D eigenvalue weighted by Crippen LogP contribution is -2.00. The number of aromatic nitrogens is 4. The first-order valence-electron chi connectivity index (χ1n) is 12.1. The van der Waals surface area contributed by atoms with Crippen molar-refractivity contribution in [3.8, 4) is 34.3 Å². The van der Waals surface area contributed by atoms with E-state index >= 15 is 0 Å². The highest BCUT2D eigenvalue weighted by molar-refractivity contribution is 6.30. The van der Waals surface area contributed by atoms with E-state index in [1.165, 1.54) is 0 Å². The number of hydrogen-bond donors (Lipinski definition) is 1. The summed E-state index contributed by atoms with van der Waals surface area (Å²) in [5, 5.41) is 14.9. The second-order valence-electron chi connectivity index (χ2n) is 8.59. The second-order valence-corrected chi connectivity index (χ2v) is 9.03. The molecule has 39 heavy (non-hydrogen) atoms. The average molecular weight is 536 g/mol. The monoisotopic (exact) mass is 535 g/mol. The minimum Gasteiger partial charge on any atom is -0.496 e. The van der Waals surface area contributed by atoms with E-state index < -0.39 is 0 Å². The molecule has 0 spiro atoms. The van der Waals surface area contributed by atoms with Crippen molar-refractivity contribution in [2.24, 2.45) is 0 Å². The SMILES string of the molecule is COc1cnc2c(Oc3ccc(Nc4nnc(-c5ccc(Cl)cc5OC)c5ccccc45)cc3)ccnc2c1. The Morgan fingerprint density at radius 1 is 0.744 bits per heavy atom. The van der Waals surface area contributed by atoms with E-state index in [-0.39, 0.29) is 0 Å². The van der Waals surface area contributed by atoms with Crippen LogP contribution in [0.4, 0.5) is 11.5 Å². The van der Waals surface area contributed by atoms with E-state index in [1.807, 2.05) is 66.7 Å². The molecule has 0 radical (unpaired) electrons. The van der Waals surface area contributed by atoms with E-state index in [1.54, 1.807) is 38.7 Å². The van der Waals surface area contributed by atoms with Gasteiger partial charge in [-0.05, 0) is 42.5 Å². The molecular weight excluding hydrogens is 514 g/mol. The van der Waals surface area contributed by atoms with Crippen LogP contribution in [0.2, 0.25) is 5.02 Å². The number of anilines is 2. The van der Waals surface area contributed by atoms with Crippen molar-refractivity contribution in [1.29, 1.82) is 0 Å². The van der Waals surface area contributed by atoms with Gasteiger partial charge in [-0.1, -0.05) is 35.9 Å². The van der Waals surface area contributed by atoms with Gasteiger partial charge in [0.25, 0.3) is 0 Å². The molecule has 0 bridgehead atoms. The van der Waals surface area contributed by atoms with Crippen LogP contribution in [-0.4, -0.2) is 34.4 Å². The topological polar surface area (TPSA) is 91.3 Å². The summed E-state index contributed by atoms with van der Waals surface area (Å²) >= 11 is 6.16. The first-order valence-corrected chi connectivity index (χ1v) is 12.4. The highest BCUT2D eigenvalue weighted by Crippen LogP contribution is 2.37. The number of nitrogens with zero attached hydrogens (tertiary/aromatic N) is 4. The van der Waals surface area contributed by atoms with Crippen molar-refractivity contribution in [2.45, 2.75) is 0 Å². The predicted molar refractivity (Wildman–Crippen MR) is 152 cm³/mol. The number of hydrogen-bond acceptors (Lipinski definition) is 8. The number of rotatable bonds is 7. The van der Waals surface area contributed by atoms with Crippen molar-refractivity contribution in [3.63, 3.8) is 0 Å². The fraction of sp³-hybridized carbons (Fsp3) is 0.0667. The maximum Gasteiger partial charge on any atom is 0.161 e. The highest BCUT2D eigenvalue weighted by Gasteiger charge is 2.15. The molecule has 6 aromatic rings. The van der Waals surface area contributed by atoms with E-state index in [0.717, 1.165) is 22.0 Å². The Hall–Kier alpha value is -4.95. The Kier molecular flexibility index (Phi) is 6.52. The predicted octanol–water partition coefficient (Wildman–Crippen LogP) is 7.45. The van der Waals surface area contributed by atoms with Crippen LogP contribution in [0.5, 0.6) is 23.0 Å². The van der Waals surface area contributed by atoms with Crippen molar-refractivity contribution >= 4 is 44.9 Å². The van der Waals surface area contributed by atoms with Crippen LogP contribution in [0.3, 0.4) is 0 Å². The minimum absolute atomic E-state index is 0.590. The molecule has 0 aliphatic heterocycles. The lowest BCUT2D eigenvalue weighted by atomic mass is 10.0. The molecule has 6 rings (SSSR count). The highest BCUT2D eigenvalue weighted by atomic mass is 35.5. The molecule has 3 aromatic heterocycles. The van der Waals surface area contributed by atoms with Crippen molar-refractivity contribution in [2.75, 3.05) is 19.5 Å². The molecule has 0 amide bonds. The van der Waals surface area contributed by atoms with Crippen molar-refractivity contribution in [3.05, 3.63) is 96.3 Å². The van der Waals surface area contributed by atoms with Gasteiger partial charge in [0.05, 0.1) is 25.9 Å². The molecule has 3 aromatic carbocycles. The third kappa shape index (κ3) is 4.85. The number of nitrogens with one attached hydrogen (secondary N) is 1. The molecule has 0 fully saturated rings. The maximum absolute atomic E-state index is 6.16. The summed E-state index contributed by atoms with van der Waals surface area (Å²) in [5.41, 5.74) is 3.70. The van der Waals surface area contributed by atoms with Gasteiger partial charge in [0, 0.05) is 45.4 Å². The quantitative estimate of drug-likeness (QED) is 0.225. The zero-order valence-corrected chi connectivity index (χ0v) is 21.8. The molecule has 9 heteroatoms. The Labute approximate surface area is 229 Å². The van der Waals surface area contributed by atoms with Crippen LogP contribution >= 0.6 is 11.6 Å². The standard InChI is InChI=1S/C30H22ClN5O3/c1-37-21-16-25-29(33-17-21)26(13-14-32-25)39-20-10-8-19(9-11-20)34-30-23-6-4-3-5-22(23)28(35-36-30)24-12-7-18(31)15-27(24)38-2/h3-17H,1-2H3,(H,34,36). The summed E-state index contributed by atoms with van der Waals surface area (Å²) in [6, 6.07) is 24.6. The Balaban J connectivity index is 1.28. The van der Waals surface area contributed by atoms with Gasteiger partial charge in [0.15, 0.2) is 11.6 Å². The molecule has 0 aliphatic rings. The second kappa shape index (κ2) is 10.4. The molecule has 0 unspecified atom stereocenters. The molecule has 1 N–H and O–H groups in total. The summed E-state index contributed by atoms with van der Waals surface area (Å²) in [6.45, 7) is 0. The number of halogens is 1. The van der Waals surface area contributed by atoms with E-state index in [2.05, 4.69) is 25.5 Å². The average Bonchev–Trinajstić information content (AvgIpc) is 2.98. The number of pyridine rings is 2. The summed E-state index contributed by atoms with van der Waals surface area (Å²) in [7, 11) is 3.21. The third-order valence-electron chi connectivity index (χ3n) is 6.20. The Bertz CT molecular complexity index is 1810. The molecule has 0 atom stereocenters. The largest absolute Gasteiger partial charge is 0.496 e. The molecule has 0 saturated carbocycles. The van der Waals surface area contributed by atoms with Crippen LogP contribution in [0.25, 0.3) is 33.1 Å². The fourth-order valence-corrected chi connectivity index (χ4v) is 4.47. The number of methoxy groups -OCH3 is 2. The van der Waals surface area contributed by atoms with Gasteiger partial charge in [-0.2, -0.15) is 0 Å². The first kappa shape index (κ1) is 24.4. The van der Waals surface area contributed by atoms with Crippen LogP contribution < -0.4 is 19.5 Å². The summed E-state index contributed by atoms with van der Waals surface area (Å²) in [6.07, 6.45) is 3.32. The van der Waals surface area contributed by atoms with Gasteiger partial charge in [-0.15, -0.1) is 10.2 Å². The Morgan fingerprint density at radius 2 is 1.56 bits per heavy atom. The zero-order valence-electron chi connectivity index (χ0n) is 21.1. The Morgan fingerprint density at radius 3 is 2.36 bits per heavy atom. The van der Waals surface area contributed by atoms with Crippen LogP contribution in [-0.2, 0) is 0 Å². The number of fused-ring (bicyclic) bond motifs is 2. The zero-order chi connectivity index (χ0) is 26.8. The van der Waals surface area contributed by atoms with Crippen molar-refractivity contribution < 1.29 is 14.2 Å². The molecule has 0 aliphatic carbocycles. The fourth-order valence-electron chi connectivity index (χ4n) is 4.31. The van der Waals surface area contributed by atoms with E-state index in [9.17, 15) is 0 Å². The van der Waals surface area contributed by atoms with Crippen molar-refractivity contribution in [1.82, 2.24) is 20.2 Å². The number of benzene rings is 3. The summed E-state index contributed by atoms with van der Waals surface area (Å²) in [4.78, 5) is 8.80. The van der Waals surface area contributed by atoms with Gasteiger partial charge in [0.1, 0.15) is 28.5 Å². The van der Waals surface area contributed by atoms with Gasteiger partial charge in [-0.3, -0.25) is 4.98 Å². The molecular formula is C30H22ClN5O3. The summed E-state index contributed by atoms with van der Waals surface area (Å²) < 4.78 is 16.9. The lowest BCUT2D eigenvalue weighted by Gasteiger charge is -2.14. The van der Waals surface area contributed by atoms with Gasteiger partial charge in [0.2, 0.25) is 0 Å². The van der Waals surface area contributed by atoms with Crippen LogP contribution in [0, 0.1) is 0 Å². The summed E-state index contributed by atoms with van der Waals surface area (Å²) in [5.74, 6) is 3.17.